The van der Waals surface area contributed by atoms with Crippen molar-refractivity contribution in [1.29, 1.82) is 0 Å². The number of ether oxygens (including phenoxy) is 1. The fourth-order valence-corrected chi connectivity index (χ4v) is 1.96. The Morgan fingerprint density at radius 1 is 1.45 bits per heavy atom. The van der Waals surface area contributed by atoms with Gasteiger partial charge in [-0.3, -0.25) is 9.59 Å². The molecule has 0 aliphatic heterocycles. The zero-order chi connectivity index (χ0) is 14.7. The summed E-state index contributed by atoms with van der Waals surface area (Å²) in [7, 11) is 0. The van der Waals surface area contributed by atoms with E-state index in [4.69, 9.17) is 4.74 Å². The van der Waals surface area contributed by atoms with Gasteiger partial charge in [0.1, 0.15) is 5.82 Å². The maximum Gasteiger partial charge on any atom is 0.309 e. The van der Waals surface area contributed by atoms with E-state index in [1.165, 1.54) is 6.07 Å². The molecule has 0 aromatic heterocycles. The topological polar surface area (TPSA) is 55.4 Å². The van der Waals surface area contributed by atoms with Crippen LogP contribution in [-0.2, 0) is 20.9 Å². The fraction of sp³-hybridized carbons (Fsp3) is 0.467. The number of amides is 1. The molecule has 1 saturated carbocycles. The molecule has 0 spiro atoms. The molecule has 20 heavy (non-hydrogen) atoms. The first-order chi connectivity index (χ1) is 9.47. The highest BCUT2D eigenvalue weighted by Crippen LogP contribution is 2.38. The molecule has 0 bridgehead atoms. The third kappa shape index (κ3) is 3.79. The van der Waals surface area contributed by atoms with E-state index in [2.05, 4.69) is 5.32 Å². The lowest BCUT2D eigenvalue weighted by Gasteiger charge is -2.07. The Morgan fingerprint density at radius 3 is 2.75 bits per heavy atom. The average molecular weight is 279 g/mol. The summed E-state index contributed by atoms with van der Waals surface area (Å²) in [6.45, 7) is 3.67. The lowest BCUT2D eigenvalue weighted by molar-refractivity contribution is -0.150. The van der Waals surface area contributed by atoms with Crippen LogP contribution in [-0.4, -0.2) is 18.5 Å². The maximum atomic E-state index is 13.1. The molecular weight excluding hydrogens is 261 g/mol. The second kappa shape index (κ2) is 6.03. The number of benzene rings is 1. The van der Waals surface area contributed by atoms with Gasteiger partial charge < -0.3 is 10.1 Å². The lowest BCUT2D eigenvalue weighted by Crippen LogP contribution is -2.28. The highest BCUT2D eigenvalue weighted by Gasteiger charge is 2.40. The van der Waals surface area contributed by atoms with E-state index >= 15 is 0 Å². The number of hydrogen-bond acceptors (Lipinski definition) is 3. The lowest BCUT2D eigenvalue weighted by atomic mass is 10.1. The van der Waals surface area contributed by atoms with Crippen LogP contribution in [0.15, 0.2) is 18.2 Å². The van der Waals surface area contributed by atoms with Crippen LogP contribution in [0.1, 0.15) is 24.5 Å². The van der Waals surface area contributed by atoms with Crippen molar-refractivity contribution >= 4 is 11.9 Å². The molecule has 5 heteroatoms. The van der Waals surface area contributed by atoms with Crippen LogP contribution >= 0.6 is 0 Å². The van der Waals surface area contributed by atoms with Crippen molar-refractivity contribution in [3.05, 3.63) is 35.1 Å². The van der Waals surface area contributed by atoms with Crippen molar-refractivity contribution in [3.8, 4) is 0 Å². The molecule has 0 radical (unpaired) electrons. The van der Waals surface area contributed by atoms with Crippen molar-refractivity contribution in [2.24, 2.45) is 11.8 Å². The Kier molecular flexibility index (Phi) is 4.37. The molecule has 0 heterocycles. The van der Waals surface area contributed by atoms with Crippen molar-refractivity contribution in [2.75, 3.05) is 6.61 Å². The molecule has 4 nitrogen and oxygen atoms in total. The molecule has 2 atom stereocenters. The Hall–Kier alpha value is -1.91. The van der Waals surface area contributed by atoms with Crippen LogP contribution in [0.5, 0.6) is 0 Å². The van der Waals surface area contributed by atoms with E-state index in [0.717, 1.165) is 12.0 Å². The molecule has 1 aromatic carbocycles. The monoisotopic (exact) mass is 279 g/mol. The van der Waals surface area contributed by atoms with E-state index in [1.54, 1.807) is 19.1 Å². The fourth-order valence-electron chi connectivity index (χ4n) is 1.96. The van der Waals surface area contributed by atoms with E-state index in [9.17, 15) is 14.0 Å². The van der Waals surface area contributed by atoms with Gasteiger partial charge in [-0.2, -0.15) is 0 Å². The van der Waals surface area contributed by atoms with Crippen molar-refractivity contribution in [3.63, 3.8) is 0 Å². The number of hydrogen-bond donors (Lipinski definition) is 1. The van der Waals surface area contributed by atoms with Crippen LogP contribution < -0.4 is 5.32 Å². The predicted molar refractivity (Wildman–Crippen MR) is 71.2 cm³/mol. The molecule has 2 rings (SSSR count). The average Bonchev–Trinajstić information content (AvgIpc) is 3.14. The summed E-state index contributed by atoms with van der Waals surface area (Å²) in [6.07, 6.45) is 0.843. The molecular formula is C15H18FNO3. The summed E-state index contributed by atoms with van der Waals surface area (Å²) in [5.74, 6) is -0.596. The zero-order valence-electron chi connectivity index (χ0n) is 11.6. The van der Waals surface area contributed by atoms with Gasteiger partial charge in [-0.05, 0) is 36.5 Å². The first kappa shape index (κ1) is 14.5. The largest absolute Gasteiger partial charge is 0.455 e. The van der Waals surface area contributed by atoms with Gasteiger partial charge in [0.15, 0.2) is 6.61 Å². The van der Waals surface area contributed by atoms with E-state index in [0.29, 0.717) is 11.5 Å². The summed E-state index contributed by atoms with van der Waals surface area (Å²) in [6, 6.07) is 4.65. The molecule has 0 unspecified atom stereocenters. The molecule has 1 aromatic rings. The summed E-state index contributed by atoms with van der Waals surface area (Å²) in [5.41, 5.74) is 1.34. The Bertz CT molecular complexity index is 530. The second-order valence-corrected chi connectivity index (χ2v) is 5.29. The summed E-state index contributed by atoms with van der Waals surface area (Å²) in [4.78, 5) is 23.0. The van der Waals surface area contributed by atoms with Gasteiger partial charge in [-0.15, -0.1) is 0 Å². The SMILES string of the molecule is Cc1cc(CNC(=O)COC(=O)[C@@H]2C[C@H]2C)ccc1F. The number of nitrogens with one attached hydrogen (secondary N) is 1. The van der Waals surface area contributed by atoms with Crippen LogP contribution in [0.4, 0.5) is 4.39 Å². The Balaban J connectivity index is 1.72. The summed E-state index contributed by atoms with van der Waals surface area (Å²) < 4.78 is 18.0. The minimum absolute atomic E-state index is 0.0393. The van der Waals surface area contributed by atoms with Gasteiger partial charge in [-0.25, -0.2) is 4.39 Å². The Labute approximate surface area is 117 Å². The normalized spacial score (nSPS) is 20.4. The first-order valence-electron chi connectivity index (χ1n) is 6.65. The van der Waals surface area contributed by atoms with Gasteiger partial charge in [0.2, 0.25) is 0 Å². The number of carbonyl (C=O) groups excluding carboxylic acids is 2. The van der Waals surface area contributed by atoms with E-state index < -0.39 is 0 Å². The Morgan fingerprint density at radius 2 is 2.15 bits per heavy atom. The third-order valence-corrected chi connectivity index (χ3v) is 3.47. The highest BCUT2D eigenvalue weighted by molar-refractivity contribution is 5.82. The molecule has 1 aliphatic carbocycles. The number of esters is 1. The van der Waals surface area contributed by atoms with Gasteiger partial charge in [-0.1, -0.05) is 19.1 Å². The molecule has 0 saturated heterocycles. The van der Waals surface area contributed by atoms with E-state index in [1.807, 2.05) is 6.92 Å². The van der Waals surface area contributed by atoms with Crippen molar-refractivity contribution in [2.45, 2.75) is 26.8 Å². The van der Waals surface area contributed by atoms with Crippen molar-refractivity contribution in [1.82, 2.24) is 5.32 Å². The predicted octanol–water partition coefficient (Wildman–Crippen LogP) is 1.95. The zero-order valence-corrected chi connectivity index (χ0v) is 11.6. The number of rotatable bonds is 5. The van der Waals surface area contributed by atoms with Crippen LogP contribution in [0, 0.1) is 24.6 Å². The highest BCUT2D eigenvalue weighted by atomic mass is 19.1. The van der Waals surface area contributed by atoms with E-state index in [-0.39, 0.29) is 36.8 Å². The van der Waals surface area contributed by atoms with Gasteiger partial charge in [0, 0.05) is 6.54 Å². The van der Waals surface area contributed by atoms with Gasteiger partial charge in [0.05, 0.1) is 5.92 Å². The van der Waals surface area contributed by atoms with Gasteiger partial charge in [0.25, 0.3) is 5.91 Å². The molecule has 108 valence electrons. The smallest absolute Gasteiger partial charge is 0.309 e. The number of carbonyl (C=O) groups is 2. The molecule has 1 N–H and O–H groups in total. The minimum Gasteiger partial charge on any atom is -0.455 e. The number of halogens is 1. The number of aryl methyl sites for hydroxylation is 1. The quantitative estimate of drug-likeness (QED) is 0.838. The standard InChI is InChI=1S/C15H18FNO3/c1-9-6-12(9)15(19)20-8-14(18)17-7-11-3-4-13(16)10(2)5-11/h3-5,9,12H,6-8H2,1-2H3,(H,17,18)/t9-,12-/m1/s1. The van der Waals surface area contributed by atoms with Crippen LogP contribution in [0.2, 0.25) is 0 Å². The van der Waals surface area contributed by atoms with Gasteiger partial charge >= 0.3 is 5.97 Å². The van der Waals surface area contributed by atoms with Crippen LogP contribution in [0.25, 0.3) is 0 Å². The minimum atomic E-state index is -0.353. The molecule has 1 amide bonds. The summed E-state index contributed by atoms with van der Waals surface area (Å²) in [5, 5.41) is 2.63. The molecule has 1 aliphatic rings. The third-order valence-electron chi connectivity index (χ3n) is 3.47. The first-order valence-corrected chi connectivity index (χ1v) is 6.65. The summed E-state index contributed by atoms with van der Waals surface area (Å²) >= 11 is 0. The van der Waals surface area contributed by atoms with Crippen LogP contribution in [0.3, 0.4) is 0 Å². The second-order valence-electron chi connectivity index (χ2n) is 5.29. The molecule has 1 fully saturated rings. The maximum absolute atomic E-state index is 13.1. The van der Waals surface area contributed by atoms with Crippen molar-refractivity contribution < 1.29 is 18.7 Å².